The minimum atomic E-state index is -0.557. The fourth-order valence-electron chi connectivity index (χ4n) is 5.37. The van der Waals surface area contributed by atoms with Crippen molar-refractivity contribution in [1.82, 2.24) is 9.55 Å². The number of aromatic nitrogens is 2. The fourth-order valence-corrected chi connectivity index (χ4v) is 5.37. The number of benzene rings is 2. The van der Waals surface area contributed by atoms with Crippen LogP contribution in [0.3, 0.4) is 0 Å². The van der Waals surface area contributed by atoms with Gasteiger partial charge in [-0.2, -0.15) is 0 Å². The van der Waals surface area contributed by atoms with Crippen LogP contribution in [0, 0.1) is 12.8 Å². The standard InChI is InChI=1S/C33H36N2O5/c1-23-29(34-32(40-23)26-11-7-4-8-12-26)18-20-39-28-15-13-24(14-16-28)21-30(33(37)38-2)35-19-17-27(22-35)31(36)25-9-5-3-6-10-25/h4,7-8,11-17,19,22,25,30H,3,5-6,9-10,18,20-21H2,1-2H3. The van der Waals surface area contributed by atoms with Gasteiger partial charge in [-0.25, -0.2) is 9.78 Å². The van der Waals surface area contributed by atoms with Gasteiger partial charge < -0.3 is 18.5 Å². The van der Waals surface area contributed by atoms with Gasteiger partial charge in [0.2, 0.25) is 5.89 Å². The molecule has 0 radical (unpaired) electrons. The largest absolute Gasteiger partial charge is 0.493 e. The number of Topliss-reactive ketones (excluding diaryl/α,β-unsaturated/α-hetero) is 1. The Morgan fingerprint density at radius 2 is 1.77 bits per heavy atom. The van der Waals surface area contributed by atoms with E-state index in [2.05, 4.69) is 4.98 Å². The smallest absolute Gasteiger partial charge is 0.329 e. The molecular weight excluding hydrogens is 504 g/mol. The zero-order chi connectivity index (χ0) is 27.9. The maximum absolute atomic E-state index is 13.0. The van der Waals surface area contributed by atoms with Crippen molar-refractivity contribution < 1.29 is 23.5 Å². The second-order valence-corrected chi connectivity index (χ2v) is 10.4. The second kappa shape index (κ2) is 12.8. The van der Waals surface area contributed by atoms with E-state index in [1.54, 1.807) is 10.8 Å². The first kappa shape index (κ1) is 27.4. The van der Waals surface area contributed by atoms with Gasteiger partial charge in [-0.3, -0.25) is 4.79 Å². The number of oxazole rings is 1. The Labute approximate surface area is 235 Å². The third-order valence-corrected chi connectivity index (χ3v) is 7.68. The average Bonchev–Trinajstić information content (AvgIpc) is 3.64. The Bertz CT molecular complexity index is 1410. The lowest BCUT2D eigenvalue weighted by atomic mass is 9.84. The number of esters is 1. The van der Waals surface area contributed by atoms with Gasteiger partial charge in [0, 0.05) is 42.3 Å². The Kier molecular flexibility index (Phi) is 8.79. The van der Waals surface area contributed by atoms with E-state index >= 15 is 0 Å². The van der Waals surface area contributed by atoms with Crippen molar-refractivity contribution in [2.24, 2.45) is 5.92 Å². The molecule has 0 aliphatic heterocycles. The van der Waals surface area contributed by atoms with Crippen LogP contribution in [0.5, 0.6) is 5.75 Å². The lowest BCUT2D eigenvalue weighted by Gasteiger charge is -2.20. The first-order valence-corrected chi connectivity index (χ1v) is 14.0. The summed E-state index contributed by atoms with van der Waals surface area (Å²) in [6, 6.07) is 18.8. The number of nitrogens with zero attached hydrogens (tertiary/aromatic N) is 2. The number of carbonyl (C=O) groups excluding carboxylic acids is 2. The van der Waals surface area contributed by atoms with E-state index in [-0.39, 0.29) is 17.7 Å². The molecule has 0 N–H and O–H groups in total. The third kappa shape index (κ3) is 6.53. The van der Waals surface area contributed by atoms with Crippen LogP contribution in [0.4, 0.5) is 0 Å². The van der Waals surface area contributed by atoms with Crippen molar-refractivity contribution >= 4 is 11.8 Å². The molecule has 1 saturated carbocycles. The van der Waals surface area contributed by atoms with Crippen molar-refractivity contribution in [3.8, 4) is 17.2 Å². The topological polar surface area (TPSA) is 83.6 Å². The maximum atomic E-state index is 13.0. The maximum Gasteiger partial charge on any atom is 0.329 e. The molecule has 0 bridgehead atoms. The summed E-state index contributed by atoms with van der Waals surface area (Å²) in [5, 5.41) is 0. The number of carbonyl (C=O) groups is 2. The highest BCUT2D eigenvalue weighted by Gasteiger charge is 2.26. The molecule has 7 heteroatoms. The predicted octanol–water partition coefficient (Wildman–Crippen LogP) is 6.79. The molecule has 1 fully saturated rings. The Morgan fingerprint density at radius 1 is 1.02 bits per heavy atom. The highest BCUT2D eigenvalue weighted by molar-refractivity contribution is 5.97. The van der Waals surface area contributed by atoms with Crippen molar-refractivity contribution in [1.29, 1.82) is 0 Å². The highest BCUT2D eigenvalue weighted by Crippen LogP contribution is 2.28. The molecule has 1 aliphatic carbocycles. The Balaban J connectivity index is 1.18. The summed E-state index contributed by atoms with van der Waals surface area (Å²) in [6.07, 6.45) is 10.00. The summed E-state index contributed by atoms with van der Waals surface area (Å²) in [4.78, 5) is 30.3. The van der Waals surface area contributed by atoms with Crippen LogP contribution >= 0.6 is 0 Å². The molecule has 0 saturated heterocycles. The molecule has 1 aliphatic rings. The minimum Gasteiger partial charge on any atom is -0.493 e. The fraction of sp³-hybridized carbons (Fsp3) is 0.364. The van der Waals surface area contributed by atoms with Crippen LogP contribution in [-0.2, 0) is 22.4 Å². The van der Waals surface area contributed by atoms with E-state index in [9.17, 15) is 9.59 Å². The van der Waals surface area contributed by atoms with Gasteiger partial charge in [0.25, 0.3) is 0 Å². The van der Waals surface area contributed by atoms with E-state index in [0.717, 1.165) is 54.0 Å². The zero-order valence-corrected chi connectivity index (χ0v) is 23.2. The van der Waals surface area contributed by atoms with Crippen LogP contribution in [0.2, 0.25) is 0 Å². The lowest BCUT2D eigenvalue weighted by molar-refractivity contribution is -0.144. The number of hydrogen-bond donors (Lipinski definition) is 0. The molecule has 1 unspecified atom stereocenters. The molecule has 7 nitrogen and oxygen atoms in total. The van der Waals surface area contributed by atoms with Crippen LogP contribution in [0.1, 0.15) is 65.5 Å². The number of ketones is 1. The summed E-state index contributed by atoms with van der Waals surface area (Å²) in [7, 11) is 1.39. The van der Waals surface area contributed by atoms with E-state index in [0.29, 0.717) is 30.9 Å². The van der Waals surface area contributed by atoms with Gasteiger partial charge in [-0.05, 0) is 55.7 Å². The number of rotatable bonds is 11. The molecule has 2 aromatic heterocycles. The normalized spacial score (nSPS) is 14.6. The van der Waals surface area contributed by atoms with Gasteiger partial charge in [0.15, 0.2) is 5.78 Å². The number of hydrogen-bond acceptors (Lipinski definition) is 6. The molecule has 0 spiro atoms. The van der Waals surface area contributed by atoms with Crippen molar-refractivity contribution in [2.75, 3.05) is 13.7 Å². The zero-order valence-electron chi connectivity index (χ0n) is 23.2. The van der Waals surface area contributed by atoms with Crippen molar-refractivity contribution in [2.45, 2.75) is 57.9 Å². The van der Waals surface area contributed by atoms with Gasteiger partial charge >= 0.3 is 5.97 Å². The summed E-state index contributed by atoms with van der Waals surface area (Å²) < 4.78 is 18.7. The van der Waals surface area contributed by atoms with Crippen LogP contribution < -0.4 is 4.74 Å². The van der Waals surface area contributed by atoms with E-state index < -0.39 is 6.04 Å². The summed E-state index contributed by atoms with van der Waals surface area (Å²) >= 11 is 0. The summed E-state index contributed by atoms with van der Waals surface area (Å²) in [5.74, 6) is 2.08. The first-order chi connectivity index (χ1) is 19.5. The lowest BCUT2D eigenvalue weighted by Crippen LogP contribution is -2.22. The highest BCUT2D eigenvalue weighted by atomic mass is 16.5. The molecule has 40 heavy (non-hydrogen) atoms. The molecule has 2 aromatic carbocycles. The summed E-state index contributed by atoms with van der Waals surface area (Å²) in [6.45, 7) is 2.38. The molecule has 208 valence electrons. The van der Waals surface area contributed by atoms with Crippen LogP contribution in [-0.4, -0.2) is 35.0 Å². The Hall–Kier alpha value is -4.13. The molecule has 4 aromatic rings. The van der Waals surface area contributed by atoms with E-state index in [1.165, 1.54) is 13.5 Å². The van der Waals surface area contributed by atoms with E-state index in [4.69, 9.17) is 13.9 Å². The van der Waals surface area contributed by atoms with Gasteiger partial charge in [0.1, 0.15) is 17.6 Å². The molecule has 5 rings (SSSR count). The molecular formula is C33H36N2O5. The quantitative estimate of drug-likeness (QED) is 0.154. The average molecular weight is 541 g/mol. The second-order valence-electron chi connectivity index (χ2n) is 10.4. The van der Waals surface area contributed by atoms with E-state index in [1.807, 2.05) is 73.8 Å². The number of aryl methyl sites for hydroxylation is 1. The number of methoxy groups -OCH3 is 1. The first-order valence-electron chi connectivity index (χ1n) is 14.0. The van der Waals surface area contributed by atoms with Crippen LogP contribution in [0.25, 0.3) is 11.5 Å². The van der Waals surface area contributed by atoms with Crippen molar-refractivity contribution in [3.05, 3.63) is 95.6 Å². The predicted molar refractivity (Wildman–Crippen MR) is 152 cm³/mol. The minimum absolute atomic E-state index is 0.0906. The van der Waals surface area contributed by atoms with Gasteiger partial charge in [-0.1, -0.05) is 49.6 Å². The summed E-state index contributed by atoms with van der Waals surface area (Å²) in [5.41, 5.74) is 3.47. The van der Waals surface area contributed by atoms with Crippen LogP contribution in [0.15, 0.2) is 77.5 Å². The van der Waals surface area contributed by atoms with Gasteiger partial charge in [-0.15, -0.1) is 0 Å². The van der Waals surface area contributed by atoms with Crippen molar-refractivity contribution in [3.63, 3.8) is 0 Å². The van der Waals surface area contributed by atoms with Gasteiger partial charge in [0.05, 0.1) is 19.4 Å². The number of ether oxygens (including phenoxy) is 2. The molecule has 2 heterocycles. The Morgan fingerprint density at radius 3 is 2.50 bits per heavy atom. The SMILES string of the molecule is COC(=O)C(Cc1ccc(OCCc2nc(-c3ccccc3)oc2C)cc1)n1ccc(C(=O)C2CCCCC2)c1. The monoisotopic (exact) mass is 540 g/mol. The molecule has 1 atom stereocenters. The molecule has 0 amide bonds. The third-order valence-electron chi connectivity index (χ3n) is 7.68.